The summed E-state index contributed by atoms with van der Waals surface area (Å²) in [6.07, 6.45) is 1.56. The molecule has 5 heteroatoms. The van der Waals surface area contributed by atoms with Crippen LogP contribution in [0, 0.1) is 0 Å². The highest BCUT2D eigenvalue weighted by Gasteiger charge is 2.17. The van der Waals surface area contributed by atoms with Crippen LogP contribution in [0.3, 0.4) is 0 Å². The van der Waals surface area contributed by atoms with Gasteiger partial charge in [0, 0.05) is 13.1 Å². The Bertz CT molecular complexity index is 445. The van der Waals surface area contributed by atoms with Crippen LogP contribution in [0.1, 0.15) is 12.0 Å². The highest BCUT2D eigenvalue weighted by molar-refractivity contribution is 6.38. The van der Waals surface area contributed by atoms with Gasteiger partial charge in [-0.1, -0.05) is 30.3 Å². The molecule has 0 saturated heterocycles. The molecule has 0 fully saturated rings. The SMILES string of the molecule is O=C(NC(CO)Cc1ccccc1)C1=NCCCN1. The van der Waals surface area contributed by atoms with Crippen molar-refractivity contribution in [3.8, 4) is 0 Å². The summed E-state index contributed by atoms with van der Waals surface area (Å²) >= 11 is 0. The smallest absolute Gasteiger partial charge is 0.286 e. The van der Waals surface area contributed by atoms with Crippen LogP contribution in [-0.4, -0.2) is 42.6 Å². The maximum Gasteiger partial charge on any atom is 0.286 e. The van der Waals surface area contributed by atoms with E-state index in [4.69, 9.17) is 0 Å². The lowest BCUT2D eigenvalue weighted by molar-refractivity contribution is -0.116. The summed E-state index contributed by atoms with van der Waals surface area (Å²) in [4.78, 5) is 16.1. The highest BCUT2D eigenvalue weighted by Crippen LogP contribution is 2.03. The zero-order chi connectivity index (χ0) is 13.5. The van der Waals surface area contributed by atoms with Crippen LogP contribution in [-0.2, 0) is 11.2 Å². The van der Waals surface area contributed by atoms with Gasteiger partial charge in [-0.2, -0.15) is 0 Å². The minimum atomic E-state index is -0.290. The third-order valence-electron chi connectivity index (χ3n) is 2.99. The molecule has 1 aliphatic rings. The molecule has 1 amide bonds. The summed E-state index contributed by atoms with van der Waals surface area (Å²) in [5.74, 6) is 0.132. The van der Waals surface area contributed by atoms with Gasteiger partial charge in [-0.3, -0.25) is 9.79 Å². The number of hydrogen-bond donors (Lipinski definition) is 3. The van der Waals surface area contributed by atoms with Gasteiger partial charge in [0.25, 0.3) is 5.91 Å². The molecule has 0 aromatic heterocycles. The van der Waals surface area contributed by atoms with Gasteiger partial charge in [0.05, 0.1) is 12.6 Å². The molecule has 0 saturated carbocycles. The van der Waals surface area contributed by atoms with Crippen molar-refractivity contribution < 1.29 is 9.90 Å². The molecule has 1 aromatic carbocycles. The van der Waals surface area contributed by atoms with Gasteiger partial charge in [0.1, 0.15) is 0 Å². The summed E-state index contributed by atoms with van der Waals surface area (Å²) in [5, 5.41) is 15.1. The Morgan fingerprint density at radius 1 is 1.42 bits per heavy atom. The number of aliphatic imine (C=N–C) groups is 1. The molecule has 19 heavy (non-hydrogen) atoms. The molecule has 1 aliphatic heterocycles. The number of nitrogens with one attached hydrogen (secondary N) is 2. The summed E-state index contributed by atoms with van der Waals surface area (Å²) < 4.78 is 0. The van der Waals surface area contributed by atoms with Crippen LogP contribution in [0.4, 0.5) is 0 Å². The number of amidine groups is 1. The van der Waals surface area contributed by atoms with Crippen LogP contribution in [0.15, 0.2) is 35.3 Å². The van der Waals surface area contributed by atoms with Crippen molar-refractivity contribution in [3.05, 3.63) is 35.9 Å². The Balaban J connectivity index is 1.91. The van der Waals surface area contributed by atoms with Crippen LogP contribution >= 0.6 is 0 Å². The van der Waals surface area contributed by atoms with Crippen molar-refractivity contribution in [1.29, 1.82) is 0 Å². The highest BCUT2D eigenvalue weighted by atomic mass is 16.3. The number of amides is 1. The van der Waals surface area contributed by atoms with Gasteiger partial charge in [0.15, 0.2) is 5.84 Å². The first-order valence-electron chi connectivity index (χ1n) is 6.53. The third kappa shape index (κ3) is 4.06. The number of carbonyl (C=O) groups is 1. The fourth-order valence-electron chi connectivity index (χ4n) is 2.00. The molecule has 0 bridgehead atoms. The Kier molecular flexibility index (Phi) is 4.92. The van der Waals surface area contributed by atoms with E-state index in [0.29, 0.717) is 18.8 Å². The summed E-state index contributed by atoms with van der Waals surface area (Å²) in [6, 6.07) is 9.49. The molecule has 1 unspecified atom stereocenters. The van der Waals surface area contributed by atoms with Crippen LogP contribution in [0.2, 0.25) is 0 Å². The molecule has 0 radical (unpaired) electrons. The van der Waals surface area contributed by atoms with Crippen LogP contribution in [0.25, 0.3) is 0 Å². The number of rotatable bonds is 5. The van der Waals surface area contributed by atoms with E-state index in [1.165, 1.54) is 0 Å². The predicted octanol–water partition coefficient (Wildman–Crippen LogP) is 0.0980. The number of hydrogen-bond acceptors (Lipinski definition) is 4. The fraction of sp³-hybridized carbons (Fsp3) is 0.429. The Hall–Kier alpha value is -1.88. The minimum Gasteiger partial charge on any atom is -0.394 e. The fourth-order valence-corrected chi connectivity index (χ4v) is 2.00. The van der Waals surface area contributed by atoms with Gasteiger partial charge < -0.3 is 15.7 Å². The van der Waals surface area contributed by atoms with Crippen LogP contribution in [0.5, 0.6) is 0 Å². The van der Waals surface area contributed by atoms with Gasteiger partial charge in [-0.25, -0.2) is 0 Å². The minimum absolute atomic E-state index is 0.0894. The standard InChI is InChI=1S/C14H19N3O2/c18-10-12(9-11-5-2-1-3-6-11)17-14(19)13-15-7-4-8-16-13/h1-3,5-6,12,18H,4,7-10H2,(H,15,16)(H,17,19). The Labute approximate surface area is 112 Å². The largest absolute Gasteiger partial charge is 0.394 e. The van der Waals surface area contributed by atoms with E-state index in [1.54, 1.807) is 0 Å². The first kappa shape index (κ1) is 13.5. The second-order valence-corrected chi connectivity index (χ2v) is 4.55. The van der Waals surface area contributed by atoms with Crippen molar-refractivity contribution in [2.45, 2.75) is 18.9 Å². The monoisotopic (exact) mass is 261 g/mol. The van der Waals surface area contributed by atoms with E-state index < -0.39 is 0 Å². The average molecular weight is 261 g/mol. The van der Waals surface area contributed by atoms with E-state index in [1.807, 2.05) is 30.3 Å². The Morgan fingerprint density at radius 3 is 2.84 bits per heavy atom. The number of aliphatic hydroxyl groups excluding tert-OH is 1. The summed E-state index contributed by atoms with van der Waals surface area (Å²) in [5.41, 5.74) is 1.08. The second-order valence-electron chi connectivity index (χ2n) is 4.55. The molecule has 0 spiro atoms. The van der Waals surface area contributed by atoms with E-state index in [2.05, 4.69) is 15.6 Å². The van der Waals surface area contributed by atoms with E-state index in [9.17, 15) is 9.90 Å². The Morgan fingerprint density at radius 2 is 2.21 bits per heavy atom. The first-order valence-corrected chi connectivity index (χ1v) is 6.53. The normalized spacial score (nSPS) is 16.2. The lowest BCUT2D eigenvalue weighted by atomic mass is 10.1. The molecule has 3 N–H and O–H groups in total. The topological polar surface area (TPSA) is 73.7 Å². The average Bonchev–Trinajstić information content (AvgIpc) is 2.48. The van der Waals surface area contributed by atoms with Gasteiger partial charge in [0.2, 0.25) is 0 Å². The van der Waals surface area contributed by atoms with Crippen molar-refractivity contribution in [2.75, 3.05) is 19.7 Å². The van der Waals surface area contributed by atoms with Crippen molar-refractivity contribution in [3.63, 3.8) is 0 Å². The van der Waals surface area contributed by atoms with Crippen molar-refractivity contribution in [1.82, 2.24) is 10.6 Å². The molecule has 1 heterocycles. The molecule has 1 atom stereocenters. The molecular formula is C14H19N3O2. The first-order chi connectivity index (χ1) is 9.29. The van der Waals surface area contributed by atoms with E-state index in [-0.39, 0.29) is 18.6 Å². The lowest BCUT2D eigenvalue weighted by Gasteiger charge is -2.19. The quantitative estimate of drug-likeness (QED) is 0.703. The molecule has 102 valence electrons. The van der Waals surface area contributed by atoms with Crippen molar-refractivity contribution >= 4 is 11.7 Å². The van der Waals surface area contributed by atoms with Crippen LogP contribution < -0.4 is 10.6 Å². The lowest BCUT2D eigenvalue weighted by Crippen LogP contribution is -2.48. The molecule has 5 nitrogen and oxygen atoms in total. The van der Waals surface area contributed by atoms with E-state index >= 15 is 0 Å². The molecular weight excluding hydrogens is 242 g/mol. The van der Waals surface area contributed by atoms with Gasteiger partial charge in [-0.05, 0) is 18.4 Å². The number of benzene rings is 1. The third-order valence-corrected chi connectivity index (χ3v) is 2.99. The molecule has 0 aliphatic carbocycles. The number of carbonyl (C=O) groups excluding carboxylic acids is 1. The maximum atomic E-state index is 11.9. The predicted molar refractivity (Wildman–Crippen MR) is 74.1 cm³/mol. The second kappa shape index (κ2) is 6.89. The zero-order valence-electron chi connectivity index (χ0n) is 10.8. The van der Waals surface area contributed by atoms with Crippen molar-refractivity contribution in [2.24, 2.45) is 4.99 Å². The van der Waals surface area contributed by atoms with E-state index in [0.717, 1.165) is 18.5 Å². The summed E-state index contributed by atoms with van der Waals surface area (Å²) in [6.45, 7) is 1.36. The van der Waals surface area contributed by atoms with Gasteiger partial charge in [-0.15, -0.1) is 0 Å². The molecule has 1 aromatic rings. The molecule has 2 rings (SSSR count). The van der Waals surface area contributed by atoms with Gasteiger partial charge >= 0.3 is 0 Å². The number of nitrogens with zero attached hydrogens (tertiary/aromatic N) is 1. The zero-order valence-corrected chi connectivity index (χ0v) is 10.8. The number of aliphatic hydroxyl groups is 1. The summed E-state index contributed by atoms with van der Waals surface area (Å²) in [7, 11) is 0. The maximum absolute atomic E-state index is 11.9.